The summed E-state index contributed by atoms with van der Waals surface area (Å²) in [5, 5.41) is 2.67. The number of benzene rings is 2. The fraction of sp³-hybridized carbons (Fsp3) is 0.125. The molecule has 1 aliphatic rings. The van der Waals surface area contributed by atoms with E-state index in [2.05, 4.69) is 5.32 Å². The minimum absolute atomic E-state index is 0.106. The molecule has 0 radical (unpaired) electrons. The van der Waals surface area contributed by atoms with Crippen molar-refractivity contribution in [3.8, 4) is 0 Å². The summed E-state index contributed by atoms with van der Waals surface area (Å²) in [6.07, 6.45) is -5.93. The van der Waals surface area contributed by atoms with Gasteiger partial charge in [-0.3, -0.25) is 0 Å². The monoisotopic (exact) mass is 329 g/mol. The highest BCUT2D eigenvalue weighted by Gasteiger charge is 2.32. The molecule has 1 aliphatic heterocycles. The number of halogens is 6. The Morgan fingerprint density at radius 1 is 0.609 bits per heavy atom. The third-order valence-electron chi connectivity index (χ3n) is 3.47. The Kier molecular flexibility index (Phi) is 3.39. The molecule has 0 spiro atoms. The molecule has 0 aromatic heterocycles. The number of fused-ring (bicyclic) bond motifs is 2. The summed E-state index contributed by atoms with van der Waals surface area (Å²) in [6.45, 7) is 0. The van der Waals surface area contributed by atoms with Crippen LogP contribution in [0.2, 0.25) is 0 Å². The Hall–Kier alpha value is -2.44. The standard InChI is InChI=1S/C16H9F6N/c17-15(18,19)11-5-3-9-1-2-10-4-6-12(16(20,21)22)8-14(10)23-13(9)7-11/h1-8,23H. The van der Waals surface area contributed by atoms with Crippen molar-refractivity contribution in [2.45, 2.75) is 12.4 Å². The second-order valence-corrected chi connectivity index (χ2v) is 5.06. The van der Waals surface area contributed by atoms with Crippen molar-refractivity contribution in [3.05, 3.63) is 58.7 Å². The van der Waals surface area contributed by atoms with E-state index in [1.54, 1.807) is 12.2 Å². The van der Waals surface area contributed by atoms with E-state index in [0.717, 1.165) is 24.3 Å². The highest BCUT2D eigenvalue weighted by molar-refractivity contribution is 5.88. The average Bonchev–Trinajstić information content (AvgIpc) is 2.62. The van der Waals surface area contributed by atoms with Gasteiger partial charge in [-0.25, -0.2) is 0 Å². The third-order valence-corrected chi connectivity index (χ3v) is 3.47. The van der Waals surface area contributed by atoms with E-state index in [1.165, 1.54) is 12.1 Å². The van der Waals surface area contributed by atoms with Gasteiger partial charge in [0.2, 0.25) is 0 Å². The molecule has 23 heavy (non-hydrogen) atoms. The van der Waals surface area contributed by atoms with Crippen molar-refractivity contribution < 1.29 is 26.3 Å². The molecule has 120 valence electrons. The average molecular weight is 329 g/mol. The van der Waals surface area contributed by atoms with Crippen LogP contribution in [0.1, 0.15) is 22.3 Å². The molecular weight excluding hydrogens is 320 g/mol. The number of anilines is 2. The van der Waals surface area contributed by atoms with Crippen LogP contribution in [0.4, 0.5) is 37.7 Å². The lowest BCUT2D eigenvalue weighted by Crippen LogP contribution is -2.07. The topological polar surface area (TPSA) is 12.0 Å². The van der Waals surface area contributed by atoms with Crippen LogP contribution in [-0.4, -0.2) is 0 Å². The van der Waals surface area contributed by atoms with E-state index >= 15 is 0 Å². The molecule has 0 bridgehead atoms. The number of alkyl halides is 6. The Bertz CT molecular complexity index is 721. The molecule has 3 rings (SSSR count). The van der Waals surface area contributed by atoms with Gasteiger partial charge in [0.05, 0.1) is 11.1 Å². The minimum Gasteiger partial charge on any atom is -0.355 e. The molecule has 1 nitrogen and oxygen atoms in total. The zero-order chi connectivity index (χ0) is 16.8. The van der Waals surface area contributed by atoms with Crippen molar-refractivity contribution in [2.24, 2.45) is 0 Å². The van der Waals surface area contributed by atoms with Gasteiger partial charge in [0, 0.05) is 11.4 Å². The fourth-order valence-corrected chi connectivity index (χ4v) is 2.30. The summed E-state index contributed by atoms with van der Waals surface area (Å²) in [4.78, 5) is 0. The number of hydrogen-bond acceptors (Lipinski definition) is 1. The Morgan fingerprint density at radius 2 is 1.00 bits per heavy atom. The molecule has 0 aliphatic carbocycles. The second-order valence-electron chi connectivity index (χ2n) is 5.06. The van der Waals surface area contributed by atoms with Crippen molar-refractivity contribution in [1.82, 2.24) is 0 Å². The minimum atomic E-state index is -4.52. The Morgan fingerprint density at radius 3 is 1.35 bits per heavy atom. The zero-order valence-corrected chi connectivity index (χ0v) is 11.4. The number of hydrogen-bond donors (Lipinski definition) is 1. The maximum absolute atomic E-state index is 12.8. The molecule has 2 aromatic rings. The molecular formula is C16H9F6N. The molecule has 0 amide bonds. The van der Waals surface area contributed by atoms with E-state index in [9.17, 15) is 26.3 Å². The zero-order valence-electron chi connectivity index (χ0n) is 11.4. The first-order chi connectivity index (χ1) is 10.6. The van der Waals surface area contributed by atoms with Gasteiger partial charge in [-0.15, -0.1) is 0 Å². The van der Waals surface area contributed by atoms with Crippen LogP contribution in [0.5, 0.6) is 0 Å². The van der Waals surface area contributed by atoms with Gasteiger partial charge in [0.1, 0.15) is 0 Å². The molecule has 1 N–H and O–H groups in total. The first-order valence-electron chi connectivity index (χ1n) is 6.52. The van der Waals surface area contributed by atoms with Gasteiger partial charge < -0.3 is 5.32 Å². The van der Waals surface area contributed by atoms with Crippen molar-refractivity contribution in [2.75, 3.05) is 5.32 Å². The van der Waals surface area contributed by atoms with E-state index in [1.807, 2.05) is 0 Å². The van der Waals surface area contributed by atoms with Crippen LogP contribution in [0.25, 0.3) is 12.2 Å². The first kappa shape index (κ1) is 15.5. The predicted molar refractivity (Wildman–Crippen MR) is 75.1 cm³/mol. The number of nitrogens with one attached hydrogen (secondary N) is 1. The first-order valence-corrected chi connectivity index (χ1v) is 6.52. The van der Waals surface area contributed by atoms with Gasteiger partial charge in [-0.1, -0.05) is 24.3 Å². The summed E-state index contributed by atoms with van der Waals surface area (Å²) in [6, 6.07) is 6.18. The number of rotatable bonds is 0. The van der Waals surface area contributed by atoms with Gasteiger partial charge in [-0.2, -0.15) is 26.3 Å². The molecule has 0 fully saturated rings. The van der Waals surface area contributed by atoms with Gasteiger partial charge in [0.15, 0.2) is 0 Å². The third kappa shape index (κ3) is 3.04. The largest absolute Gasteiger partial charge is 0.416 e. The highest BCUT2D eigenvalue weighted by Crippen LogP contribution is 2.38. The van der Waals surface area contributed by atoms with E-state index in [-0.39, 0.29) is 11.4 Å². The maximum atomic E-state index is 12.8. The van der Waals surface area contributed by atoms with Crippen LogP contribution in [0.15, 0.2) is 36.4 Å². The molecule has 0 saturated heterocycles. The second kappa shape index (κ2) is 5.04. The highest BCUT2D eigenvalue weighted by atomic mass is 19.4. The smallest absolute Gasteiger partial charge is 0.355 e. The maximum Gasteiger partial charge on any atom is 0.416 e. The molecule has 1 heterocycles. The van der Waals surface area contributed by atoms with Gasteiger partial charge in [-0.05, 0) is 35.4 Å². The van der Waals surface area contributed by atoms with Crippen LogP contribution < -0.4 is 5.32 Å². The lowest BCUT2D eigenvalue weighted by molar-refractivity contribution is -0.138. The van der Waals surface area contributed by atoms with Gasteiger partial charge >= 0.3 is 12.4 Å². The predicted octanol–water partition coefficient (Wildman–Crippen LogP) is 5.95. The summed E-state index contributed by atoms with van der Waals surface area (Å²) >= 11 is 0. The lowest BCUT2D eigenvalue weighted by Gasteiger charge is -2.15. The van der Waals surface area contributed by atoms with E-state index in [4.69, 9.17) is 0 Å². The Balaban J connectivity index is 2.08. The fourth-order valence-electron chi connectivity index (χ4n) is 2.30. The van der Waals surface area contributed by atoms with Crippen molar-refractivity contribution in [1.29, 1.82) is 0 Å². The quantitative estimate of drug-likeness (QED) is 0.502. The van der Waals surface area contributed by atoms with Crippen molar-refractivity contribution in [3.63, 3.8) is 0 Å². The van der Waals surface area contributed by atoms with Crippen LogP contribution >= 0.6 is 0 Å². The summed E-state index contributed by atoms with van der Waals surface area (Å²) in [5.41, 5.74) is -0.603. The van der Waals surface area contributed by atoms with Crippen LogP contribution in [0.3, 0.4) is 0 Å². The summed E-state index contributed by atoms with van der Waals surface area (Å²) in [5.74, 6) is 0. The molecule has 0 atom stereocenters. The lowest BCUT2D eigenvalue weighted by atomic mass is 10.1. The van der Waals surface area contributed by atoms with E-state index in [0.29, 0.717) is 11.1 Å². The normalized spacial score (nSPS) is 13.8. The summed E-state index contributed by atoms with van der Waals surface area (Å²) in [7, 11) is 0. The molecule has 0 saturated carbocycles. The summed E-state index contributed by atoms with van der Waals surface area (Å²) < 4.78 is 76.7. The van der Waals surface area contributed by atoms with Crippen LogP contribution in [0, 0.1) is 0 Å². The molecule has 2 aromatic carbocycles. The van der Waals surface area contributed by atoms with Gasteiger partial charge in [0.25, 0.3) is 0 Å². The van der Waals surface area contributed by atoms with E-state index < -0.39 is 23.5 Å². The molecule has 0 unspecified atom stereocenters. The molecule has 7 heteroatoms. The Labute approximate surface area is 127 Å². The van der Waals surface area contributed by atoms with Crippen LogP contribution in [-0.2, 0) is 12.4 Å². The van der Waals surface area contributed by atoms with Crippen molar-refractivity contribution >= 4 is 23.5 Å². The SMILES string of the molecule is FC(F)(F)c1ccc2c(c1)Nc1cc(C(F)(F)F)ccc1C=C2.